The molecule has 0 saturated heterocycles. The lowest BCUT2D eigenvalue weighted by Crippen LogP contribution is -2.45. The molecule has 2 aromatic carbocycles. The molecule has 0 radical (unpaired) electrons. The number of carbonyl (C=O) groups excluding carboxylic acids is 1. The average molecular weight is 369 g/mol. The summed E-state index contributed by atoms with van der Waals surface area (Å²) >= 11 is 3.52. The van der Waals surface area contributed by atoms with E-state index in [0.29, 0.717) is 17.7 Å². The summed E-state index contributed by atoms with van der Waals surface area (Å²) in [7, 11) is 0. The van der Waals surface area contributed by atoms with Gasteiger partial charge < -0.3 is 5.32 Å². The summed E-state index contributed by atoms with van der Waals surface area (Å²) in [5.74, 6) is -0.0873. The van der Waals surface area contributed by atoms with Crippen LogP contribution in [-0.2, 0) is 5.41 Å². The first-order valence-corrected chi connectivity index (χ1v) is 8.47. The van der Waals surface area contributed by atoms with Gasteiger partial charge in [-0.25, -0.2) is 0 Å². The third-order valence-corrected chi connectivity index (χ3v) is 5.10. The Morgan fingerprint density at radius 2 is 1.96 bits per heavy atom. The van der Waals surface area contributed by atoms with E-state index in [1.54, 1.807) is 24.3 Å². The van der Waals surface area contributed by atoms with Crippen molar-refractivity contribution >= 4 is 21.8 Å². The van der Waals surface area contributed by atoms with Gasteiger partial charge >= 0.3 is 0 Å². The van der Waals surface area contributed by atoms with Crippen molar-refractivity contribution < 1.29 is 4.79 Å². The van der Waals surface area contributed by atoms with E-state index in [4.69, 9.17) is 5.26 Å². The monoisotopic (exact) mass is 368 g/mol. The second kappa shape index (κ2) is 6.55. The summed E-state index contributed by atoms with van der Waals surface area (Å²) in [6.45, 7) is 0.641. The van der Waals surface area contributed by atoms with Crippen LogP contribution < -0.4 is 5.32 Å². The van der Waals surface area contributed by atoms with Crippen molar-refractivity contribution in [2.24, 2.45) is 0 Å². The van der Waals surface area contributed by atoms with Crippen molar-refractivity contribution in [2.75, 3.05) is 6.54 Å². The molecule has 0 spiro atoms. The van der Waals surface area contributed by atoms with E-state index >= 15 is 0 Å². The first-order valence-electron chi connectivity index (χ1n) is 7.67. The summed E-state index contributed by atoms with van der Waals surface area (Å²) in [4.78, 5) is 12.3. The quantitative estimate of drug-likeness (QED) is 0.879. The normalized spacial score (nSPS) is 15.3. The molecule has 1 fully saturated rings. The molecule has 0 aromatic heterocycles. The number of rotatable bonds is 4. The Morgan fingerprint density at radius 1 is 1.22 bits per heavy atom. The van der Waals surface area contributed by atoms with Crippen molar-refractivity contribution in [1.82, 2.24) is 5.32 Å². The number of hydrogen-bond acceptors (Lipinski definition) is 2. The van der Waals surface area contributed by atoms with Gasteiger partial charge in [0.05, 0.1) is 11.6 Å². The van der Waals surface area contributed by atoms with Gasteiger partial charge in [-0.05, 0) is 54.8 Å². The smallest absolute Gasteiger partial charge is 0.251 e. The Morgan fingerprint density at radius 3 is 2.52 bits per heavy atom. The number of nitrogens with one attached hydrogen (secondary N) is 1. The van der Waals surface area contributed by atoms with Gasteiger partial charge in [0.2, 0.25) is 0 Å². The van der Waals surface area contributed by atoms with E-state index in [-0.39, 0.29) is 11.3 Å². The van der Waals surface area contributed by atoms with E-state index in [1.165, 1.54) is 12.0 Å². The molecule has 0 bridgehead atoms. The number of benzene rings is 2. The van der Waals surface area contributed by atoms with Crippen LogP contribution in [0.25, 0.3) is 0 Å². The Kier molecular flexibility index (Phi) is 4.49. The summed E-state index contributed by atoms with van der Waals surface area (Å²) in [6, 6.07) is 17.1. The largest absolute Gasteiger partial charge is 0.351 e. The maximum atomic E-state index is 12.3. The van der Waals surface area contributed by atoms with Crippen molar-refractivity contribution in [3.63, 3.8) is 0 Å². The molecule has 116 valence electrons. The van der Waals surface area contributed by atoms with Crippen LogP contribution in [0, 0.1) is 11.3 Å². The molecule has 1 aliphatic carbocycles. The zero-order valence-electron chi connectivity index (χ0n) is 12.7. The van der Waals surface area contributed by atoms with E-state index < -0.39 is 0 Å². The van der Waals surface area contributed by atoms with Gasteiger partial charge in [0.1, 0.15) is 0 Å². The standard InChI is InChI=1S/C19H17BrN2O/c20-17-4-1-3-16(11-17)19(9-2-10-19)13-22-18(23)15-7-5-14(12-21)6-8-15/h1,3-8,11H,2,9-10,13H2,(H,22,23). The molecule has 1 amide bonds. The lowest BCUT2D eigenvalue weighted by molar-refractivity contribution is 0.0928. The third-order valence-electron chi connectivity index (χ3n) is 4.61. The topological polar surface area (TPSA) is 52.9 Å². The molecule has 0 atom stereocenters. The lowest BCUT2D eigenvalue weighted by atomic mass is 9.64. The van der Waals surface area contributed by atoms with Gasteiger partial charge in [-0.15, -0.1) is 0 Å². The highest BCUT2D eigenvalue weighted by atomic mass is 79.9. The molecule has 0 heterocycles. The highest BCUT2D eigenvalue weighted by molar-refractivity contribution is 9.10. The maximum Gasteiger partial charge on any atom is 0.251 e. The van der Waals surface area contributed by atoms with E-state index in [1.807, 2.05) is 12.1 Å². The Bertz CT molecular complexity index is 758. The van der Waals surface area contributed by atoms with Gasteiger partial charge in [0.25, 0.3) is 5.91 Å². The highest BCUT2D eigenvalue weighted by Gasteiger charge is 2.38. The molecule has 23 heavy (non-hydrogen) atoms. The zero-order valence-corrected chi connectivity index (χ0v) is 14.3. The molecule has 3 rings (SSSR count). The minimum atomic E-state index is -0.0873. The molecule has 3 nitrogen and oxygen atoms in total. The number of carbonyl (C=O) groups is 1. The third kappa shape index (κ3) is 3.30. The summed E-state index contributed by atoms with van der Waals surface area (Å²) < 4.78 is 1.07. The fraction of sp³-hybridized carbons (Fsp3) is 0.263. The summed E-state index contributed by atoms with van der Waals surface area (Å²) in [5.41, 5.74) is 2.48. The Balaban J connectivity index is 1.70. The molecule has 4 heteroatoms. The Hall–Kier alpha value is -2.12. The van der Waals surface area contributed by atoms with Crippen LogP contribution in [0.15, 0.2) is 53.0 Å². The molecular weight excluding hydrogens is 352 g/mol. The summed E-state index contributed by atoms with van der Waals surface area (Å²) in [6.07, 6.45) is 3.38. The minimum Gasteiger partial charge on any atom is -0.351 e. The van der Waals surface area contributed by atoms with Gasteiger partial charge in [-0.2, -0.15) is 5.26 Å². The molecular formula is C19H17BrN2O. The number of halogens is 1. The van der Waals surface area contributed by atoms with E-state index in [0.717, 1.165) is 17.3 Å². The van der Waals surface area contributed by atoms with Gasteiger partial charge in [-0.3, -0.25) is 4.79 Å². The fourth-order valence-electron chi connectivity index (χ4n) is 3.04. The van der Waals surface area contributed by atoms with Crippen LogP contribution in [0.5, 0.6) is 0 Å². The fourth-order valence-corrected chi connectivity index (χ4v) is 3.44. The average Bonchev–Trinajstić information content (AvgIpc) is 2.54. The second-order valence-corrected chi connectivity index (χ2v) is 6.93. The summed E-state index contributed by atoms with van der Waals surface area (Å²) in [5, 5.41) is 11.9. The molecule has 0 aliphatic heterocycles. The van der Waals surface area contributed by atoms with Gasteiger partial charge in [0.15, 0.2) is 0 Å². The van der Waals surface area contributed by atoms with Crippen molar-refractivity contribution in [3.8, 4) is 6.07 Å². The van der Waals surface area contributed by atoms with Crippen LogP contribution in [-0.4, -0.2) is 12.5 Å². The molecule has 2 aromatic rings. The van der Waals surface area contributed by atoms with Crippen molar-refractivity contribution in [3.05, 3.63) is 69.7 Å². The predicted molar refractivity (Wildman–Crippen MR) is 93.2 cm³/mol. The number of nitriles is 1. The molecule has 0 unspecified atom stereocenters. The Labute approximate surface area is 144 Å². The molecule has 1 N–H and O–H groups in total. The lowest BCUT2D eigenvalue weighted by Gasteiger charge is -2.42. The van der Waals surface area contributed by atoms with Crippen LogP contribution in [0.3, 0.4) is 0 Å². The number of hydrogen-bond donors (Lipinski definition) is 1. The SMILES string of the molecule is N#Cc1ccc(C(=O)NCC2(c3cccc(Br)c3)CCC2)cc1. The predicted octanol–water partition coefficient (Wildman–Crippen LogP) is 4.17. The zero-order chi connectivity index (χ0) is 16.3. The first kappa shape index (κ1) is 15.8. The van der Waals surface area contributed by atoms with Crippen molar-refractivity contribution in [1.29, 1.82) is 5.26 Å². The number of amides is 1. The first-order chi connectivity index (χ1) is 11.1. The van der Waals surface area contributed by atoms with Crippen molar-refractivity contribution in [2.45, 2.75) is 24.7 Å². The van der Waals surface area contributed by atoms with Crippen LogP contribution in [0.2, 0.25) is 0 Å². The van der Waals surface area contributed by atoms with Gasteiger partial charge in [-0.1, -0.05) is 34.5 Å². The molecule has 1 saturated carbocycles. The van der Waals surface area contributed by atoms with E-state index in [9.17, 15) is 4.79 Å². The van der Waals surface area contributed by atoms with E-state index in [2.05, 4.69) is 39.4 Å². The second-order valence-electron chi connectivity index (χ2n) is 6.02. The molecule has 1 aliphatic rings. The highest BCUT2D eigenvalue weighted by Crippen LogP contribution is 2.43. The number of nitrogens with zero attached hydrogens (tertiary/aromatic N) is 1. The van der Waals surface area contributed by atoms with Gasteiger partial charge in [0, 0.05) is 22.0 Å². The van der Waals surface area contributed by atoms with Crippen LogP contribution in [0.1, 0.15) is 40.7 Å². The maximum absolute atomic E-state index is 12.3. The van der Waals surface area contributed by atoms with Crippen LogP contribution >= 0.6 is 15.9 Å². The minimum absolute atomic E-state index is 0.0477. The van der Waals surface area contributed by atoms with Crippen LogP contribution in [0.4, 0.5) is 0 Å².